The van der Waals surface area contributed by atoms with E-state index in [1.165, 1.54) is 25.3 Å². The fourth-order valence-corrected chi connectivity index (χ4v) is 2.98. The van der Waals surface area contributed by atoms with Crippen molar-refractivity contribution < 1.29 is 23.5 Å². The lowest BCUT2D eigenvalue weighted by Crippen LogP contribution is -2.43. The number of methoxy groups -OCH3 is 2. The van der Waals surface area contributed by atoms with Crippen molar-refractivity contribution in [2.24, 2.45) is 11.0 Å². The average molecular weight is 358 g/mol. The Balaban J connectivity index is 2.01. The summed E-state index contributed by atoms with van der Waals surface area (Å²) in [6.07, 6.45) is 5.25. The van der Waals surface area contributed by atoms with Gasteiger partial charge in [-0.05, 0) is 36.3 Å². The van der Waals surface area contributed by atoms with Crippen LogP contribution in [0.25, 0.3) is 0 Å². The summed E-state index contributed by atoms with van der Waals surface area (Å²) in [7, 11) is 2.85. The van der Waals surface area contributed by atoms with Gasteiger partial charge in [-0.1, -0.05) is 12.1 Å². The molecule has 7 heteroatoms. The summed E-state index contributed by atoms with van der Waals surface area (Å²) >= 11 is 0. The van der Waals surface area contributed by atoms with Crippen LogP contribution in [0.4, 0.5) is 10.1 Å². The molecule has 6 nitrogen and oxygen atoms in total. The van der Waals surface area contributed by atoms with Crippen LogP contribution >= 0.6 is 0 Å². The minimum Gasteiger partial charge on any atom is -0.501 e. The summed E-state index contributed by atoms with van der Waals surface area (Å²) in [6, 6.07) is 5.54. The minimum atomic E-state index is -1.01. The number of carbonyl (C=O) groups is 2. The molecule has 0 saturated heterocycles. The van der Waals surface area contributed by atoms with Gasteiger partial charge in [0.05, 0.1) is 31.4 Å². The van der Waals surface area contributed by atoms with E-state index in [0.717, 1.165) is 16.3 Å². The Morgan fingerprint density at radius 1 is 1.27 bits per heavy atom. The SMILES string of the molecule is COC(=O)C1CC(C2=CC=C(OC)CC2)=NN(c2cccc(F)c2)C1=O. The van der Waals surface area contributed by atoms with E-state index in [-0.39, 0.29) is 12.1 Å². The van der Waals surface area contributed by atoms with Crippen LogP contribution in [0.1, 0.15) is 19.3 Å². The second kappa shape index (κ2) is 7.51. The lowest BCUT2D eigenvalue weighted by atomic mass is 9.90. The van der Waals surface area contributed by atoms with Crippen molar-refractivity contribution in [2.75, 3.05) is 19.2 Å². The third kappa shape index (κ3) is 3.51. The zero-order valence-corrected chi connectivity index (χ0v) is 14.6. The normalized spacial score (nSPS) is 20.1. The standard InChI is InChI=1S/C19H19FN2O4/c1-25-15-8-6-12(7-9-15)17-11-16(19(24)26-2)18(23)22(21-17)14-5-3-4-13(20)10-14/h3-6,8,10,16H,7,9,11H2,1-2H3. The smallest absolute Gasteiger partial charge is 0.318 e. The molecule has 0 aromatic heterocycles. The molecule has 1 heterocycles. The quantitative estimate of drug-likeness (QED) is 0.613. The first kappa shape index (κ1) is 17.8. The maximum Gasteiger partial charge on any atom is 0.318 e. The number of benzene rings is 1. The van der Waals surface area contributed by atoms with E-state index in [4.69, 9.17) is 9.47 Å². The molecule has 1 amide bonds. The predicted octanol–water partition coefficient (Wildman–Crippen LogP) is 2.96. The molecule has 0 saturated carbocycles. The van der Waals surface area contributed by atoms with E-state index >= 15 is 0 Å². The van der Waals surface area contributed by atoms with Crippen molar-refractivity contribution in [1.82, 2.24) is 0 Å². The van der Waals surface area contributed by atoms with E-state index in [1.54, 1.807) is 13.2 Å². The molecule has 1 atom stereocenters. The highest BCUT2D eigenvalue weighted by Gasteiger charge is 2.38. The van der Waals surface area contributed by atoms with Crippen LogP contribution in [0, 0.1) is 11.7 Å². The van der Waals surface area contributed by atoms with Crippen LogP contribution < -0.4 is 5.01 Å². The molecule has 0 N–H and O–H groups in total. The van der Waals surface area contributed by atoms with E-state index in [9.17, 15) is 14.0 Å². The average Bonchev–Trinajstić information content (AvgIpc) is 2.67. The zero-order chi connectivity index (χ0) is 18.7. The monoisotopic (exact) mass is 358 g/mol. The lowest BCUT2D eigenvalue weighted by Gasteiger charge is -2.29. The van der Waals surface area contributed by atoms with Crippen molar-refractivity contribution in [3.05, 3.63) is 53.6 Å². The van der Waals surface area contributed by atoms with Crippen molar-refractivity contribution in [1.29, 1.82) is 0 Å². The van der Waals surface area contributed by atoms with Gasteiger partial charge in [0.2, 0.25) is 0 Å². The highest BCUT2D eigenvalue weighted by atomic mass is 19.1. The Morgan fingerprint density at radius 3 is 2.69 bits per heavy atom. The number of anilines is 1. The van der Waals surface area contributed by atoms with Crippen LogP contribution in [-0.4, -0.2) is 31.8 Å². The fraction of sp³-hybridized carbons (Fsp3) is 0.316. The molecule has 1 unspecified atom stereocenters. The number of ether oxygens (including phenoxy) is 2. The fourth-order valence-electron chi connectivity index (χ4n) is 2.98. The zero-order valence-electron chi connectivity index (χ0n) is 14.6. The van der Waals surface area contributed by atoms with Gasteiger partial charge in [-0.25, -0.2) is 4.39 Å². The third-order valence-electron chi connectivity index (χ3n) is 4.41. The van der Waals surface area contributed by atoms with E-state index in [0.29, 0.717) is 18.6 Å². The number of halogens is 1. The number of nitrogens with zero attached hydrogens (tertiary/aromatic N) is 2. The number of hydrazone groups is 1. The van der Waals surface area contributed by atoms with Gasteiger partial charge >= 0.3 is 5.97 Å². The molecule has 1 aromatic rings. The maximum atomic E-state index is 13.6. The molecular formula is C19H19FN2O4. The number of hydrogen-bond acceptors (Lipinski definition) is 5. The molecule has 0 radical (unpaired) electrons. The molecule has 26 heavy (non-hydrogen) atoms. The van der Waals surface area contributed by atoms with Gasteiger partial charge in [0.25, 0.3) is 5.91 Å². The minimum absolute atomic E-state index is 0.152. The largest absolute Gasteiger partial charge is 0.501 e. The molecule has 136 valence electrons. The van der Waals surface area contributed by atoms with Gasteiger partial charge in [-0.15, -0.1) is 0 Å². The van der Waals surface area contributed by atoms with E-state index < -0.39 is 23.6 Å². The topological polar surface area (TPSA) is 68.2 Å². The molecule has 1 aromatic carbocycles. The van der Waals surface area contributed by atoms with E-state index in [1.807, 2.05) is 12.2 Å². The molecule has 2 aliphatic rings. The van der Waals surface area contributed by atoms with E-state index in [2.05, 4.69) is 5.10 Å². The van der Waals surface area contributed by atoms with Crippen LogP contribution in [0.2, 0.25) is 0 Å². The van der Waals surface area contributed by atoms with Crippen molar-refractivity contribution in [3.8, 4) is 0 Å². The summed E-state index contributed by atoms with van der Waals surface area (Å²) in [6.45, 7) is 0. The van der Waals surface area contributed by atoms with Gasteiger partial charge in [0, 0.05) is 12.8 Å². The first-order valence-electron chi connectivity index (χ1n) is 8.22. The highest BCUT2D eigenvalue weighted by molar-refractivity contribution is 6.15. The Hall–Kier alpha value is -2.96. The van der Waals surface area contributed by atoms with Crippen LogP contribution in [-0.2, 0) is 19.1 Å². The Bertz CT molecular complexity index is 829. The summed E-state index contributed by atoms with van der Waals surface area (Å²) in [5.41, 5.74) is 1.79. The molecule has 1 aliphatic heterocycles. The number of esters is 1. The number of hydrogen-bond donors (Lipinski definition) is 0. The van der Waals surface area contributed by atoms with Crippen LogP contribution in [0.3, 0.4) is 0 Å². The van der Waals surface area contributed by atoms with Gasteiger partial charge < -0.3 is 9.47 Å². The Morgan fingerprint density at radius 2 is 2.08 bits per heavy atom. The van der Waals surface area contributed by atoms with Crippen molar-refractivity contribution in [3.63, 3.8) is 0 Å². The number of carbonyl (C=O) groups excluding carboxylic acids is 2. The van der Waals surface area contributed by atoms with Crippen LogP contribution in [0.15, 0.2) is 52.9 Å². The predicted molar refractivity (Wildman–Crippen MR) is 93.9 cm³/mol. The van der Waals surface area contributed by atoms with Crippen molar-refractivity contribution in [2.45, 2.75) is 19.3 Å². The van der Waals surface area contributed by atoms with Gasteiger partial charge in [0.1, 0.15) is 11.7 Å². The number of allylic oxidation sites excluding steroid dienone is 4. The first-order valence-corrected chi connectivity index (χ1v) is 8.22. The molecule has 0 bridgehead atoms. The molecule has 0 spiro atoms. The summed E-state index contributed by atoms with van der Waals surface area (Å²) in [5.74, 6) is -1.81. The van der Waals surface area contributed by atoms with Crippen molar-refractivity contribution >= 4 is 23.3 Å². The first-order chi connectivity index (χ1) is 12.5. The number of rotatable bonds is 4. The Labute approximate surface area is 150 Å². The molecular weight excluding hydrogens is 339 g/mol. The second-order valence-electron chi connectivity index (χ2n) is 5.99. The maximum absolute atomic E-state index is 13.6. The summed E-state index contributed by atoms with van der Waals surface area (Å²) < 4.78 is 23.6. The molecule has 0 fully saturated rings. The van der Waals surface area contributed by atoms with Gasteiger partial charge in [-0.2, -0.15) is 10.1 Å². The number of amides is 1. The molecule has 3 rings (SSSR count). The third-order valence-corrected chi connectivity index (χ3v) is 4.41. The summed E-state index contributed by atoms with van der Waals surface area (Å²) in [4.78, 5) is 24.8. The molecule has 1 aliphatic carbocycles. The van der Waals surface area contributed by atoms with Crippen LogP contribution in [0.5, 0.6) is 0 Å². The van der Waals surface area contributed by atoms with Gasteiger partial charge in [0.15, 0.2) is 0 Å². The Kier molecular flexibility index (Phi) is 5.16. The van der Waals surface area contributed by atoms with Gasteiger partial charge in [-0.3, -0.25) is 9.59 Å². The highest BCUT2D eigenvalue weighted by Crippen LogP contribution is 2.30. The second-order valence-corrected chi connectivity index (χ2v) is 5.99. The lowest BCUT2D eigenvalue weighted by molar-refractivity contribution is -0.149. The summed E-state index contributed by atoms with van der Waals surface area (Å²) in [5, 5.41) is 5.49.